The number of halogens is 2. The Morgan fingerprint density at radius 3 is 2.18 bits per heavy atom. The number of piperidine rings is 2. The maximum Gasteiger partial charge on any atom is 0.350 e. The summed E-state index contributed by atoms with van der Waals surface area (Å²) in [7, 11) is 0.355. The van der Waals surface area contributed by atoms with E-state index in [-0.39, 0.29) is 27.5 Å². The quantitative estimate of drug-likeness (QED) is 0.0741. The van der Waals surface area contributed by atoms with Gasteiger partial charge < -0.3 is 10.2 Å². The Balaban J connectivity index is 1.07. The highest BCUT2D eigenvalue weighted by Gasteiger charge is 2.44. The molecule has 2 aromatic heterocycles. The summed E-state index contributed by atoms with van der Waals surface area (Å²) in [5.74, 6) is 1.19. The van der Waals surface area contributed by atoms with Crippen molar-refractivity contribution in [3.63, 3.8) is 0 Å². The van der Waals surface area contributed by atoms with Gasteiger partial charge in [-0.05, 0) is 190 Å². The van der Waals surface area contributed by atoms with Crippen LogP contribution in [0, 0.1) is 38.5 Å². The van der Waals surface area contributed by atoms with E-state index in [9.17, 15) is 8.76 Å². The van der Waals surface area contributed by atoms with E-state index in [1.54, 1.807) is 39.9 Å². The minimum atomic E-state index is -3.97. The lowest BCUT2D eigenvalue weighted by Gasteiger charge is -2.29. The molecule has 0 amide bonds. The van der Waals surface area contributed by atoms with Crippen molar-refractivity contribution < 1.29 is 17.2 Å². The number of aromatic nitrogens is 4. The lowest BCUT2D eigenvalue weighted by atomic mass is 9.89. The molecule has 2 saturated heterocycles. The second kappa shape index (κ2) is 21.1. The topological polar surface area (TPSA) is 130 Å². The minimum Gasteiger partial charge on any atom is -0.317 e. The number of nitrogens with one attached hydrogen (secondary N) is 2. The summed E-state index contributed by atoms with van der Waals surface area (Å²) >= 11 is 13.5. The standard InChI is InChI=1S/C49H67Cl2N8O4S2/c1-33(27-46-47(35(3)57(6)54-46)55-64(60,61)49-44(50)30-40(31-45(49)51)12-9-11-37-19-23-52-24-20-37)32-63-65(62,59(8)48-34(2)53-58(7)36(48)4)43-17-15-41(16-18-43)42-14-10-13-39(29-42)28-38-21-25-56(5)26-22-38/h10,13-18,29-31,33,37-38,52H,9,11-12,19-28,32H2,1-8H3,(H-,55,60,61)/q+1/p+1. The number of anilines is 2. The molecule has 2 aliphatic heterocycles. The van der Waals surface area contributed by atoms with Crippen molar-refractivity contribution in [3.8, 4) is 11.1 Å². The highest BCUT2D eigenvalue weighted by molar-refractivity contribution is 8.00. The van der Waals surface area contributed by atoms with E-state index in [1.807, 2.05) is 59.0 Å². The van der Waals surface area contributed by atoms with Gasteiger partial charge in [0.25, 0.3) is 4.90 Å². The smallest absolute Gasteiger partial charge is 0.317 e. The molecule has 0 saturated carbocycles. The zero-order chi connectivity index (χ0) is 46.6. The number of hydrogen-bond donors (Lipinski definition) is 3. The van der Waals surface area contributed by atoms with Gasteiger partial charge in [0.2, 0.25) is 4.90 Å². The Bertz CT molecular complexity index is 2510. The van der Waals surface area contributed by atoms with Crippen LogP contribution in [0.4, 0.5) is 11.4 Å². The Kier molecular flexibility index (Phi) is 16.0. The third-order valence-electron chi connectivity index (χ3n) is 13.5. The largest absolute Gasteiger partial charge is 0.350 e. The predicted octanol–water partition coefficient (Wildman–Crippen LogP) is 10.3. The lowest BCUT2D eigenvalue weighted by molar-refractivity contribution is 0.219. The molecule has 12 nitrogen and oxygen atoms in total. The molecule has 0 radical (unpaired) electrons. The number of aryl methyl sites for hydroxylation is 4. The second-order valence-electron chi connectivity index (χ2n) is 18.5. The molecule has 3 N–H and O–H groups in total. The SMILES string of the molecule is Cc1nn(C)c(C)c1N(C)[S+](=O)(OCC(C)Cc1nn(C)c(C)c1N[S+](=O)(O)c1c(Cl)cc(CCCC2CCNCC2)cc1Cl)c1ccc(-c2cccc(CC3CCN(C)CC3)c2)cc1. The molecule has 4 heterocycles. The monoisotopic (exact) mass is 966 g/mol. The van der Waals surface area contributed by atoms with Gasteiger partial charge in [-0.2, -0.15) is 23.8 Å². The summed E-state index contributed by atoms with van der Waals surface area (Å²) in [4.78, 5) is 2.89. The third kappa shape index (κ3) is 11.6. The summed E-state index contributed by atoms with van der Waals surface area (Å²) in [6, 6.07) is 20.1. The molecule has 7 rings (SSSR count). The number of hydrogen-bond acceptors (Lipinski definition) is 7. The zero-order valence-electron chi connectivity index (χ0n) is 39.3. The van der Waals surface area contributed by atoms with Crippen LogP contribution in [0.3, 0.4) is 0 Å². The first-order valence-electron chi connectivity index (χ1n) is 23.0. The van der Waals surface area contributed by atoms with E-state index in [1.165, 1.54) is 31.2 Å². The summed E-state index contributed by atoms with van der Waals surface area (Å²) in [6.07, 6.45) is 9.15. The van der Waals surface area contributed by atoms with Gasteiger partial charge >= 0.3 is 20.8 Å². The van der Waals surface area contributed by atoms with Crippen LogP contribution in [-0.2, 0) is 66.8 Å². The van der Waals surface area contributed by atoms with Gasteiger partial charge in [-0.3, -0.25) is 9.36 Å². The fourth-order valence-corrected chi connectivity index (χ4v) is 13.9. The summed E-state index contributed by atoms with van der Waals surface area (Å²) in [5.41, 5.74) is 8.42. The van der Waals surface area contributed by atoms with Crippen molar-refractivity contribution in [2.45, 2.75) is 95.3 Å². The number of nitrogens with zero attached hydrogens (tertiary/aromatic N) is 6. The molecular formula is C49H68Cl2N8O4S2+2. The van der Waals surface area contributed by atoms with E-state index in [0.717, 1.165) is 85.6 Å². The van der Waals surface area contributed by atoms with Crippen LogP contribution >= 0.6 is 23.2 Å². The van der Waals surface area contributed by atoms with Crippen molar-refractivity contribution in [1.82, 2.24) is 29.8 Å². The summed E-state index contributed by atoms with van der Waals surface area (Å²) in [5, 5.41) is 13.1. The van der Waals surface area contributed by atoms with E-state index in [4.69, 9.17) is 32.5 Å². The Morgan fingerprint density at radius 1 is 0.877 bits per heavy atom. The van der Waals surface area contributed by atoms with Crippen LogP contribution in [-0.4, -0.2) is 75.9 Å². The predicted molar refractivity (Wildman–Crippen MR) is 268 cm³/mol. The number of likely N-dealkylation sites (tertiary alicyclic amines) is 1. The average molecular weight is 968 g/mol. The van der Waals surface area contributed by atoms with Crippen molar-refractivity contribution in [3.05, 3.63) is 105 Å². The summed E-state index contributed by atoms with van der Waals surface area (Å²) < 4.78 is 56.0. The van der Waals surface area contributed by atoms with E-state index in [0.29, 0.717) is 40.2 Å². The van der Waals surface area contributed by atoms with Crippen molar-refractivity contribution in [1.29, 1.82) is 0 Å². The third-order valence-corrected chi connectivity index (χ3v) is 18.0. The molecule has 0 bridgehead atoms. The molecule has 2 fully saturated rings. The van der Waals surface area contributed by atoms with Gasteiger partial charge in [0.1, 0.15) is 28.0 Å². The Hall–Kier alpha value is -3.60. The van der Waals surface area contributed by atoms with Crippen LogP contribution < -0.4 is 14.3 Å². The maximum atomic E-state index is 15.5. The first-order chi connectivity index (χ1) is 30.9. The minimum absolute atomic E-state index is 0.0522. The Morgan fingerprint density at radius 2 is 1.54 bits per heavy atom. The molecule has 3 atom stereocenters. The average Bonchev–Trinajstić information content (AvgIpc) is 3.68. The normalized spacial score (nSPS) is 17.8. The van der Waals surface area contributed by atoms with Crippen LogP contribution in [0.15, 0.2) is 70.5 Å². The molecule has 352 valence electrons. The van der Waals surface area contributed by atoms with E-state index in [2.05, 4.69) is 51.4 Å². The molecule has 0 spiro atoms. The maximum absolute atomic E-state index is 15.5. The highest BCUT2D eigenvalue weighted by Crippen LogP contribution is 2.39. The van der Waals surface area contributed by atoms with Gasteiger partial charge in [0.15, 0.2) is 0 Å². The highest BCUT2D eigenvalue weighted by atomic mass is 35.5. The van der Waals surface area contributed by atoms with Crippen LogP contribution in [0.5, 0.6) is 0 Å². The molecule has 3 unspecified atom stereocenters. The van der Waals surface area contributed by atoms with Gasteiger partial charge in [0, 0.05) is 14.1 Å². The van der Waals surface area contributed by atoms with Crippen molar-refractivity contribution in [2.75, 3.05) is 55.9 Å². The second-order valence-corrected chi connectivity index (χ2v) is 23.2. The number of rotatable bonds is 18. The molecular weight excluding hydrogens is 900 g/mol. The lowest BCUT2D eigenvalue weighted by Crippen LogP contribution is -2.37. The molecule has 2 aliphatic rings. The van der Waals surface area contributed by atoms with Gasteiger partial charge in [-0.1, -0.05) is 60.8 Å². The summed E-state index contributed by atoms with van der Waals surface area (Å²) in [6.45, 7) is 12.2. The first kappa shape index (κ1) is 49.3. The molecule has 16 heteroatoms. The van der Waals surface area contributed by atoms with Gasteiger partial charge in [-0.15, -0.1) is 4.18 Å². The van der Waals surface area contributed by atoms with Crippen molar-refractivity contribution >= 4 is 55.4 Å². The fraction of sp³-hybridized carbons (Fsp3) is 0.510. The van der Waals surface area contributed by atoms with Crippen LogP contribution in [0.2, 0.25) is 10.0 Å². The van der Waals surface area contributed by atoms with Crippen LogP contribution in [0.25, 0.3) is 11.1 Å². The van der Waals surface area contributed by atoms with E-state index >= 15 is 4.21 Å². The van der Waals surface area contributed by atoms with Gasteiger partial charge in [0.05, 0.1) is 29.8 Å². The number of benzene rings is 3. The molecule has 3 aromatic carbocycles. The molecule has 65 heavy (non-hydrogen) atoms. The molecule has 0 aliphatic carbocycles. The fourth-order valence-electron chi connectivity index (χ4n) is 9.47. The van der Waals surface area contributed by atoms with Gasteiger partial charge in [-0.25, -0.2) is 0 Å². The van der Waals surface area contributed by atoms with Crippen molar-refractivity contribution in [2.24, 2.45) is 31.8 Å². The Labute approximate surface area is 398 Å². The zero-order valence-corrected chi connectivity index (χ0v) is 42.5. The van der Waals surface area contributed by atoms with E-state index < -0.39 is 20.8 Å². The molecule has 5 aromatic rings. The van der Waals surface area contributed by atoms with Crippen LogP contribution in [0.1, 0.15) is 79.4 Å². The first-order valence-corrected chi connectivity index (χ1v) is 26.7.